The number of aromatic nitrogens is 2. The quantitative estimate of drug-likeness (QED) is 0.449. The van der Waals surface area contributed by atoms with E-state index in [-0.39, 0.29) is 11.9 Å². The van der Waals surface area contributed by atoms with Crippen LogP contribution < -0.4 is 5.32 Å². The summed E-state index contributed by atoms with van der Waals surface area (Å²) < 4.78 is 5.56. The van der Waals surface area contributed by atoms with Crippen molar-refractivity contribution in [2.45, 2.75) is 48.7 Å². The summed E-state index contributed by atoms with van der Waals surface area (Å²) in [5.74, 6) is 1.05. The molecule has 0 spiro atoms. The molecule has 0 saturated heterocycles. The van der Waals surface area contributed by atoms with Gasteiger partial charge in [-0.05, 0) is 36.8 Å². The lowest BCUT2D eigenvalue weighted by molar-refractivity contribution is -0.115. The molecule has 0 aliphatic rings. The summed E-state index contributed by atoms with van der Waals surface area (Å²) in [5, 5.41) is 11.2. The van der Waals surface area contributed by atoms with Crippen LogP contribution in [-0.4, -0.2) is 27.1 Å². The number of benzene rings is 2. The van der Waals surface area contributed by atoms with Crippen molar-refractivity contribution in [1.29, 1.82) is 0 Å². The van der Waals surface area contributed by atoms with Crippen LogP contribution in [0.5, 0.6) is 0 Å². The number of nitrogens with one attached hydrogen (secondary N) is 1. The standard InChI is InChI=1S/C22H25N3O2S2/c1-15(2)29-19-10-6-17(7-11-19)14-21-24-25-22(27-21)23-20(26)12-13-28-18-8-4-16(3)5-9-18/h4-11,15H,12-14H2,1-3H3,(H,23,25,26). The minimum atomic E-state index is -0.130. The molecule has 0 atom stereocenters. The fourth-order valence-corrected chi connectivity index (χ4v) is 4.28. The number of rotatable bonds is 9. The van der Waals surface area contributed by atoms with Gasteiger partial charge in [0.05, 0.1) is 6.42 Å². The van der Waals surface area contributed by atoms with E-state index in [1.54, 1.807) is 11.8 Å². The van der Waals surface area contributed by atoms with E-state index < -0.39 is 0 Å². The van der Waals surface area contributed by atoms with Gasteiger partial charge in [0.15, 0.2) is 0 Å². The molecular weight excluding hydrogens is 402 g/mol. The number of thioether (sulfide) groups is 2. The zero-order chi connectivity index (χ0) is 20.6. The third-order valence-electron chi connectivity index (χ3n) is 3.98. The van der Waals surface area contributed by atoms with Crippen molar-refractivity contribution in [2.24, 2.45) is 0 Å². The summed E-state index contributed by atoms with van der Waals surface area (Å²) >= 11 is 3.48. The summed E-state index contributed by atoms with van der Waals surface area (Å²) in [4.78, 5) is 14.5. The number of hydrogen-bond donors (Lipinski definition) is 1. The van der Waals surface area contributed by atoms with Gasteiger partial charge in [-0.25, -0.2) is 0 Å². The van der Waals surface area contributed by atoms with E-state index in [9.17, 15) is 4.79 Å². The molecule has 0 aliphatic carbocycles. The molecule has 1 heterocycles. The zero-order valence-corrected chi connectivity index (χ0v) is 18.5. The van der Waals surface area contributed by atoms with Crippen molar-refractivity contribution in [2.75, 3.05) is 11.1 Å². The van der Waals surface area contributed by atoms with Crippen LogP contribution in [-0.2, 0) is 11.2 Å². The number of carbonyl (C=O) groups excluding carboxylic acids is 1. The van der Waals surface area contributed by atoms with Crippen LogP contribution in [0.2, 0.25) is 0 Å². The van der Waals surface area contributed by atoms with Gasteiger partial charge in [-0.15, -0.1) is 28.6 Å². The van der Waals surface area contributed by atoms with Crippen molar-refractivity contribution >= 4 is 35.4 Å². The van der Waals surface area contributed by atoms with E-state index in [4.69, 9.17) is 4.42 Å². The molecule has 2 aromatic carbocycles. The molecule has 1 amide bonds. The number of nitrogens with zero attached hydrogens (tertiary/aromatic N) is 2. The number of hydrogen-bond acceptors (Lipinski definition) is 6. The van der Waals surface area contributed by atoms with Crippen LogP contribution in [0.1, 0.15) is 37.3 Å². The smallest absolute Gasteiger partial charge is 0.322 e. The third kappa shape index (κ3) is 7.25. The maximum Gasteiger partial charge on any atom is 0.322 e. The predicted octanol–water partition coefficient (Wildman–Crippen LogP) is 5.59. The molecule has 0 saturated carbocycles. The maximum atomic E-state index is 12.1. The lowest BCUT2D eigenvalue weighted by Gasteiger charge is -2.05. The van der Waals surface area contributed by atoms with E-state index in [2.05, 4.69) is 84.8 Å². The second-order valence-corrected chi connectivity index (χ2v) is 9.77. The van der Waals surface area contributed by atoms with Gasteiger partial charge in [-0.3, -0.25) is 10.1 Å². The molecule has 0 radical (unpaired) electrons. The van der Waals surface area contributed by atoms with Gasteiger partial charge in [0.25, 0.3) is 0 Å². The summed E-state index contributed by atoms with van der Waals surface area (Å²) in [6.45, 7) is 6.41. The fourth-order valence-electron chi connectivity index (χ4n) is 2.59. The Morgan fingerprint density at radius 3 is 2.41 bits per heavy atom. The van der Waals surface area contributed by atoms with Crippen LogP contribution in [0.3, 0.4) is 0 Å². The van der Waals surface area contributed by atoms with Crippen LogP contribution in [0.15, 0.2) is 62.7 Å². The second kappa shape index (κ2) is 10.5. The maximum absolute atomic E-state index is 12.1. The first-order valence-corrected chi connectivity index (χ1v) is 11.4. The normalized spacial score (nSPS) is 11.0. The first kappa shape index (κ1) is 21.5. The van der Waals surface area contributed by atoms with Gasteiger partial charge in [0.1, 0.15) is 0 Å². The Morgan fingerprint density at radius 2 is 1.72 bits per heavy atom. The highest BCUT2D eigenvalue weighted by Gasteiger charge is 2.11. The molecule has 0 unspecified atom stereocenters. The van der Waals surface area contributed by atoms with Gasteiger partial charge in [0.2, 0.25) is 11.8 Å². The van der Waals surface area contributed by atoms with Crippen molar-refractivity contribution in [1.82, 2.24) is 10.2 Å². The molecule has 3 aromatic rings. The average Bonchev–Trinajstić information content (AvgIpc) is 3.11. The van der Waals surface area contributed by atoms with E-state index in [1.807, 2.05) is 11.8 Å². The molecule has 7 heteroatoms. The molecule has 3 rings (SSSR count). The first-order valence-electron chi connectivity index (χ1n) is 9.55. The largest absolute Gasteiger partial charge is 0.407 e. The Morgan fingerprint density at radius 1 is 1.03 bits per heavy atom. The highest BCUT2D eigenvalue weighted by atomic mass is 32.2. The van der Waals surface area contributed by atoms with Gasteiger partial charge in [-0.2, -0.15) is 0 Å². The number of aryl methyl sites for hydroxylation is 1. The minimum absolute atomic E-state index is 0.130. The summed E-state index contributed by atoms with van der Waals surface area (Å²) in [6.07, 6.45) is 0.921. The Kier molecular flexibility index (Phi) is 7.77. The first-order chi connectivity index (χ1) is 14.0. The van der Waals surface area contributed by atoms with Crippen molar-refractivity contribution in [3.05, 3.63) is 65.5 Å². The summed E-state index contributed by atoms with van der Waals surface area (Å²) in [7, 11) is 0. The van der Waals surface area contributed by atoms with Gasteiger partial charge in [0, 0.05) is 27.2 Å². The fraction of sp³-hybridized carbons (Fsp3) is 0.318. The summed E-state index contributed by atoms with van der Waals surface area (Å²) in [6, 6.07) is 16.8. The third-order valence-corrected chi connectivity index (χ3v) is 6.01. The van der Waals surface area contributed by atoms with Crippen molar-refractivity contribution < 1.29 is 9.21 Å². The molecule has 29 heavy (non-hydrogen) atoms. The highest BCUT2D eigenvalue weighted by Crippen LogP contribution is 2.24. The van der Waals surface area contributed by atoms with Crippen LogP contribution in [0.25, 0.3) is 0 Å². The van der Waals surface area contributed by atoms with Crippen LogP contribution >= 0.6 is 23.5 Å². The molecule has 5 nitrogen and oxygen atoms in total. The lowest BCUT2D eigenvalue weighted by Crippen LogP contribution is -2.12. The number of amides is 1. The Hall–Kier alpha value is -2.25. The van der Waals surface area contributed by atoms with Gasteiger partial charge in [-0.1, -0.05) is 48.8 Å². The van der Waals surface area contributed by atoms with E-state index in [0.717, 1.165) is 10.5 Å². The monoisotopic (exact) mass is 427 g/mol. The van der Waals surface area contributed by atoms with E-state index in [0.29, 0.717) is 29.7 Å². The molecule has 0 bridgehead atoms. The molecule has 1 N–H and O–H groups in total. The Balaban J connectivity index is 1.44. The number of carbonyl (C=O) groups is 1. The molecule has 0 fully saturated rings. The van der Waals surface area contributed by atoms with Crippen LogP contribution in [0, 0.1) is 6.92 Å². The average molecular weight is 428 g/mol. The van der Waals surface area contributed by atoms with Crippen LogP contribution in [0.4, 0.5) is 6.01 Å². The van der Waals surface area contributed by atoms with Crippen molar-refractivity contribution in [3.63, 3.8) is 0 Å². The van der Waals surface area contributed by atoms with E-state index >= 15 is 0 Å². The highest BCUT2D eigenvalue weighted by molar-refractivity contribution is 8.00. The van der Waals surface area contributed by atoms with Gasteiger partial charge < -0.3 is 4.42 Å². The lowest BCUT2D eigenvalue weighted by atomic mass is 10.1. The zero-order valence-electron chi connectivity index (χ0n) is 16.8. The second-order valence-electron chi connectivity index (χ2n) is 6.95. The van der Waals surface area contributed by atoms with Crippen molar-refractivity contribution in [3.8, 4) is 0 Å². The van der Waals surface area contributed by atoms with Gasteiger partial charge >= 0.3 is 6.01 Å². The predicted molar refractivity (Wildman–Crippen MR) is 120 cm³/mol. The van der Waals surface area contributed by atoms with E-state index in [1.165, 1.54) is 10.5 Å². The SMILES string of the molecule is Cc1ccc(SCCC(=O)Nc2nnc(Cc3ccc(SC(C)C)cc3)o2)cc1. The molecule has 1 aromatic heterocycles. The molecule has 0 aliphatic heterocycles. The minimum Gasteiger partial charge on any atom is -0.407 e. The molecule has 152 valence electrons. The molecular formula is C22H25N3O2S2. The summed E-state index contributed by atoms with van der Waals surface area (Å²) in [5.41, 5.74) is 2.32. The topological polar surface area (TPSA) is 68.0 Å². The number of anilines is 1. The Bertz CT molecular complexity index is 922. The Labute approximate surface area is 180 Å².